The molecule has 0 saturated carbocycles. The summed E-state index contributed by atoms with van der Waals surface area (Å²) >= 11 is 0. The fraction of sp³-hybridized carbons (Fsp3) is 0.0909. The van der Waals surface area contributed by atoms with Crippen LogP contribution in [0.25, 0.3) is 0 Å². The van der Waals surface area contributed by atoms with Crippen LogP contribution in [0.1, 0.15) is 10.4 Å². The normalized spacial score (nSPS) is 11.4. The first-order chi connectivity index (χ1) is 8.02. The highest BCUT2D eigenvalue weighted by atomic mass is 16.7. The van der Waals surface area contributed by atoms with Crippen molar-refractivity contribution in [3.05, 3.63) is 42.5 Å². The summed E-state index contributed by atoms with van der Waals surface area (Å²) in [5, 5.41) is 8.66. The number of carboxylic acids is 1. The van der Waals surface area contributed by atoms with Crippen LogP contribution in [-0.2, 0) is 9.53 Å². The van der Waals surface area contributed by atoms with Crippen LogP contribution < -0.4 is 10.5 Å². The molecular weight excluding hydrogens is 226 g/mol. The van der Waals surface area contributed by atoms with Crippen molar-refractivity contribution >= 4 is 11.9 Å². The third-order valence-corrected chi connectivity index (χ3v) is 1.75. The van der Waals surface area contributed by atoms with Gasteiger partial charge in [-0.3, -0.25) is 5.73 Å². The summed E-state index contributed by atoms with van der Waals surface area (Å²) in [6.45, 7) is 3.20. The summed E-state index contributed by atoms with van der Waals surface area (Å²) in [4.78, 5) is 21.4. The van der Waals surface area contributed by atoms with Gasteiger partial charge in [-0.15, -0.1) is 0 Å². The minimum absolute atomic E-state index is 0.119. The fourth-order valence-electron chi connectivity index (χ4n) is 0.997. The van der Waals surface area contributed by atoms with Crippen molar-refractivity contribution in [2.45, 2.75) is 6.41 Å². The van der Waals surface area contributed by atoms with Gasteiger partial charge in [0, 0.05) is 6.08 Å². The highest BCUT2D eigenvalue weighted by Crippen LogP contribution is 2.13. The summed E-state index contributed by atoms with van der Waals surface area (Å²) < 4.78 is 9.58. The predicted octanol–water partition coefficient (Wildman–Crippen LogP) is 0.735. The molecule has 6 heteroatoms. The monoisotopic (exact) mass is 237 g/mol. The van der Waals surface area contributed by atoms with Gasteiger partial charge in [-0.05, 0) is 24.3 Å². The number of nitrogens with two attached hydrogens (primary N) is 1. The maximum Gasteiger partial charge on any atom is 0.335 e. The Bertz CT molecular complexity index is 426. The molecule has 0 aliphatic rings. The molecule has 90 valence electrons. The number of ether oxygens (including phenoxy) is 2. The lowest BCUT2D eigenvalue weighted by atomic mass is 10.2. The van der Waals surface area contributed by atoms with Crippen molar-refractivity contribution in [1.29, 1.82) is 0 Å². The van der Waals surface area contributed by atoms with Crippen molar-refractivity contribution in [2.24, 2.45) is 5.73 Å². The molecule has 1 aromatic rings. The highest BCUT2D eigenvalue weighted by molar-refractivity contribution is 5.87. The molecule has 3 N–H and O–H groups in total. The SMILES string of the molecule is C=CC(=O)OC(N)Oc1ccc(C(=O)O)cc1. The molecule has 0 bridgehead atoms. The van der Waals surface area contributed by atoms with Gasteiger partial charge in [-0.25, -0.2) is 9.59 Å². The molecule has 1 aromatic carbocycles. The number of hydrogen-bond donors (Lipinski definition) is 2. The van der Waals surface area contributed by atoms with Crippen LogP contribution in [0.5, 0.6) is 5.75 Å². The lowest BCUT2D eigenvalue weighted by Crippen LogP contribution is -2.32. The zero-order valence-corrected chi connectivity index (χ0v) is 8.83. The predicted molar refractivity (Wildman–Crippen MR) is 58.3 cm³/mol. The number of rotatable bonds is 5. The number of carboxylic acid groups (broad SMARTS) is 1. The van der Waals surface area contributed by atoms with Gasteiger partial charge in [0.25, 0.3) is 0 Å². The third kappa shape index (κ3) is 3.96. The fourth-order valence-corrected chi connectivity index (χ4v) is 0.997. The minimum atomic E-state index is -1.27. The standard InChI is InChI=1S/C11H11NO5/c1-2-9(13)17-11(12)16-8-5-3-7(4-6-8)10(14)15/h2-6,11H,1,12H2,(H,14,15). The van der Waals surface area contributed by atoms with E-state index >= 15 is 0 Å². The van der Waals surface area contributed by atoms with Crippen LogP contribution in [0.2, 0.25) is 0 Å². The van der Waals surface area contributed by atoms with E-state index in [9.17, 15) is 9.59 Å². The van der Waals surface area contributed by atoms with E-state index in [2.05, 4.69) is 11.3 Å². The minimum Gasteiger partial charge on any atom is -0.478 e. The van der Waals surface area contributed by atoms with Gasteiger partial charge >= 0.3 is 18.4 Å². The van der Waals surface area contributed by atoms with Crippen LogP contribution in [0.4, 0.5) is 0 Å². The van der Waals surface area contributed by atoms with E-state index in [1.165, 1.54) is 24.3 Å². The lowest BCUT2D eigenvalue weighted by Gasteiger charge is -2.13. The number of esters is 1. The largest absolute Gasteiger partial charge is 0.478 e. The zero-order chi connectivity index (χ0) is 12.8. The summed E-state index contributed by atoms with van der Waals surface area (Å²) in [5.41, 5.74) is 5.47. The molecule has 0 aliphatic heterocycles. The third-order valence-electron chi connectivity index (χ3n) is 1.75. The molecule has 1 rings (SSSR count). The number of benzene rings is 1. The van der Waals surface area contributed by atoms with Crippen molar-refractivity contribution in [2.75, 3.05) is 0 Å². The summed E-state index contributed by atoms with van der Waals surface area (Å²) in [6, 6.07) is 5.51. The van der Waals surface area contributed by atoms with Crippen molar-refractivity contribution in [1.82, 2.24) is 0 Å². The second-order valence-electron chi connectivity index (χ2n) is 2.96. The van der Waals surface area contributed by atoms with Gasteiger partial charge in [-0.1, -0.05) is 6.58 Å². The van der Waals surface area contributed by atoms with Gasteiger partial charge in [0.15, 0.2) is 0 Å². The van der Waals surface area contributed by atoms with E-state index in [1.807, 2.05) is 0 Å². The molecule has 0 saturated heterocycles. The molecule has 17 heavy (non-hydrogen) atoms. The molecule has 0 spiro atoms. The second-order valence-corrected chi connectivity index (χ2v) is 2.96. The van der Waals surface area contributed by atoms with Gasteiger partial charge in [0.05, 0.1) is 5.56 Å². The molecular formula is C11H11NO5. The molecule has 0 amide bonds. The Hall–Kier alpha value is -2.34. The van der Waals surface area contributed by atoms with Crippen molar-refractivity contribution in [3.8, 4) is 5.75 Å². The smallest absolute Gasteiger partial charge is 0.335 e. The Balaban J connectivity index is 2.59. The molecule has 0 fully saturated rings. The van der Waals surface area contributed by atoms with Crippen molar-refractivity contribution in [3.63, 3.8) is 0 Å². The second kappa shape index (κ2) is 5.66. The lowest BCUT2D eigenvalue weighted by molar-refractivity contribution is -0.156. The Morgan fingerprint density at radius 3 is 2.41 bits per heavy atom. The summed E-state index contributed by atoms with van der Waals surface area (Å²) in [5.74, 6) is -1.46. The van der Waals surface area contributed by atoms with E-state index in [1.54, 1.807) is 0 Å². The number of hydrogen-bond acceptors (Lipinski definition) is 5. The summed E-state index contributed by atoms with van der Waals surface area (Å²) in [7, 11) is 0. The first-order valence-electron chi connectivity index (χ1n) is 4.61. The number of carbonyl (C=O) groups is 2. The van der Waals surface area contributed by atoms with Crippen LogP contribution >= 0.6 is 0 Å². The average Bonchev–Trinajstić information content (AvgIpc) is 2.29. The maximum atomic E-state index is 10.8. The molecule has 1 unspecified atom stereocenters. The van der Waals surface area contributed by atoms with Gasteiger partial charge in [-0.2, -0.15) is 0 Å². The van der Waals surface area contributed by atoms with Crippen LogP contribution in [0, 0.1) is 0 Å². The number of aromatic carboxylic acids is 1. The Morgan fingerprint density at radius 1 is 1.35 bits per heavy atom. The highest BCUT2D eigenvalue weighted by Gasteiger charge is 2.09. The van der Waals surface area contributed by atoms with E-state index in [-0.39, 0.29) is 5.56 Å². The van der Waals surface area contributed by atoms with E-state index in [0.29, 0.717) is 5.75 Å². The van der Waals surface area contributed by atoms with Crippen LogP contribution in [-0.4, -0.2) is 23.5 Å². The Labute approximate surface area is 97.3 Å². The molecule has 0 aliphatic carbocycles. The van der Waals surface area contributed by atoms with Gasteiger partial charge in [0.1, 0.15) is 5.75 Å². The summed E-state index contributed by atoms with van der Waals surface area (Å²) in [6.07, 6.45) is -0.312. The number of carbonyl (C=O) groups excluding carboxylic acids is 1. The molecule has 0 aromatic heterocycles. The molecule has 0 heterocycles. The van der Waals surface area contributed by atoms with E-state index in [0.717, 1.165) is 6.08 Å². The van der Waals surface area contributed by atoms with Gasteiger partial charge < -0.3 is 14.6 Å². The first-order valence-corrected chi connectivity index (χ1v) is 4.61. The quantitative estimate of drug-likeness (QED) is 0.445. The van der Waals surface area contributed by atoms with Crippen LogP contribution in [0.3, 0.4) is 0 Å². The molecule has 6 nitrogen and oxygen atoms in total. The average molecular weight is 237 g/mol. The van der Waals surface area contributed by atoms with Crippen molar-refractivity contribution < 1.29 is 24.2 Å². The zero-order valence-electron chi connectivity index (χ0n) is 8.83. The first kappa shape index (κ1) is 12.7. The Morgan fingerprint density at radius 2 is 1.94 bits per heavy atom. The molecule has 0 radical (unpaired) electrons. The van der Waals surface area contributed by atoms with Crippen LogP contribution in [0.15, 0.2) is 36.9 Å². The molecule has 1 atom stereocenters. The van der Waals surface area contributed by atoms with E-state index in [4.69, 9.17) is 15.6 Å². The topological polar surface area (TPSA) is 98.9 Å². The van der Waals surface area contributed by atoms with E-state index < -0.39 is 18.4 Å². The van der Waals surface area contributed by atoms with Gasteiger partial charge in [0.2, 0.25) is 0 Å². The Kier molecular flexibility index (Phi) is 4.24. The maximum absolute atomic E-state index is 10.8.